The van der Waals surface area contributed by atoms with Crippen LogP contribution in [0.1, 0.15) is 6.42 Å². The van der Waals surface area contributed by atoms with Gasteiger partial charge < -0.3 is 25.2 Å². The molecule has 0 spiro atoms. The fourth-order valence-corrected chi connectivity index (χ4v) is 1.79. The van der Waals surface area contributed by atoms with E-state index < -0.39 is 36.9 Å². The molecular weight excluding hydrogens is 285 g/mol. The van der Waals surface area contributed by atoms with Crippen molar-refractivity contribution >= 4 is 12.0 Å². The Balaban J connectivity index is 2.30. The van der Waals surface area contributed by atoms with Crippen molar-refractivity contribution in [3.8, 4) is 0 Å². The molecule has 0 aromatic heterocycles. The van der Waals surface area contributed by atoms with Gasteiger partial charge in [0.25, 0.3) is 0 Å². The second-order valence-electron chi connectivity index (χ2n) is 4.30. The number of nitrogens with zero attached hydrogens (tertiary/aromatic N) is 1. The lowest BCUT2D eigenvalue weighted by Crippen LogP contribution is -2.47. The van der Waals surface area contributed by atoms with Gasteiger partial charge in [0.2, 0.25) is 0 Å². The largest absolute Gasteiger partial charge is 0.480 e. The van der Waals surface area contributed by atoms with Crippen LogP contribution < -0.4 is 5.32 Å². The Morgan fingerprint density at radius 3 is 2.60 bits per heavy atom. The molecule has 3 N–H and O–H groups in total. The molecule has 1 aliphatic heterocycles. The zero-order chi connectivity index (χ0) is 15.3. The molecule has 0 radical (unpaired) electrons. The Morgan fingerprint density at radius 2 is 2.05 bits per heavy atom. The molecule has 0 saturated carbocycles. The molecule has 0 aromatic rings. The molecule has 0 bridgehead atoms. The van der Waals surface area contributed by atoms with E-state index >= 15 is 0 Å². The highest BCUT2D eigenvalue weighted by molar-refractivity contribution is 5.83. The van der Waals surface area contributed by atoms with Gasteiger partial charge in [-0.15, -0.1) is 0 Å². The highest BCUT2D eigenvalue weighted by Crippen LogP contribution is 2.18. The molecule has 0 aliphatic carbocycles. The summed E-state index contributed by atoms with van der Waals surface area (Å²) in [5.74, 6) is -1.25. The summed E-state index contributed by atoms with van der Waals surface area (Å²) in [6.45, 7) is -2.08. The number of ether oxygens (including phenoxy) is 1. The number of aliphatic hydroxyl groups excluding tert-OH is 1. The van der Waals surface area contributed by atoms with E-state index in [1.807, 2.05) is 0 Å². The predicted molar refractivity (Wildman–Crippen MR) is 59.0 cm³/mol. The summed E-state index contributed by atoms with van der Waals surface area (Å²) >= 11 is 0. The lowest BCUT2D eigenvalue weighted by molar-refractivity contribution is -0.173. The van der Waals surface area contributed by atoms with Crippen LogP contribution in [0.25, 0.3) is 0 Å². The first-order chi connectivity index (χ1) is 9.20. The Bertz CT molecular complexity index is 363. The summed E-state index contributed by atoms with van der Waals surface area (Å²) in [6, 6.07) is -1.90. The van der Waals surface area contributed by atoms with E-state index in [4.69, 9.17) is 5.11 Å². The van der Waals surface area contributed by atoms with E-state index in [0.29, 0.717) is 0 Å². The van der Waals surface area contributed by atoms with E-state index in [0.717, 1.165) is 4.90 Å². The van der Waals surface area contributed by atoms with Crippen LogP contribution in [0.15, 0.2) is 0 Å². The number of carbonyl (C=O) groups excluding carboxylic acids is 1. The lowest BCUT2D eigenvalue weighted by Gasteiger charge is -2.21. The molecule has 2 amide bonds. The Labute approximate surface area is 112 Å². The fraction of sp³-hybridized carbons (Fsp3) is 0.800. The third kappa shape index (κ3) is 5.21. The number of rotatable bonds is 5. The SMILES string of the molecule is O=C(O)[C@H]1C[C@@H](O)CN1C(=O)NCCOCC(F)(F)F. The van der Waals surface area contributed by atoms with Crippen molar-refractivity contribution in [1.29, 1.82) is 0 Å². The topological polar surface area (TPSA) is 99.1 Å². The number of carboxylic acids is 1. The molecule has 1 aliphatic rings. The molecule has 116 valence electrons. The number of carbonyl (C=O) groups is 2. The van der Waals surface area contributed by atoms with Gasteiger partial charge >= 0.3 is 18.2 Å². The smallest absolute Gasteiger partial charge is 0.411 e. The monoisotopic (exact) mass is 300 g/mol. The van der Waals surface area contributed by atoms with Crippen LogP contribution in [0, 0.1) is 0 Å². The average molecular weight is 300 g/mol. The average Bonchev–Trinajstić information content (AvgIpc) is 2.69. The van der Waals surface area contributed by atoms with Gasteiger partial charge in [-0.2, -0.15) is 13.2 Å². The van der Waals surface area contributed by atoms with Crippen LogP contribution in [0.3, 0.4) is 0 Å². The number of nitrogens with one attached hydrogen (secondary N) is 1. The number of likely N-dealkylation sites (tertiary alicyclic amines) is 1. The van der Waals surface area contributed by atoms with E-state index in [-0.39, 0.29) is 26.1 Å². The zero-order valence-electron chi connectivity index (χ0n) is 10.4. The summed E-state index contributed by atoms with van der Waals surface area (Å²) in [5, 5.41) is 20.4. The first-order valence-electron chi connectivity index (χ1n) is 5.80. The van der Waals surface area contributed by atoms with Gasteiger partial charge in [-0.25, -0.2) is 9.59 Å². The minimum atomic E-state index is -4.43. The summed E-state index contributed by atoms with van der Waals surface area (Å²) in [7, 11) is 0. The second kappa shape index (κ2) is 6.75. The van der Waals surface area contributed by atoms with Gasteiger partial charge in [-0.3, -0.25) is 0 Å². The summed E-state index contributed by atoms with van der Waals surface area (Å²) in [4.78, 5) is 23.4. The van der Waals surface area contributed by atoms with Crippen molar-refractivity contribution in [2.45, 2.75) is 24.7 Å². The van der Waals surface area contributed by atoms with Crippen molar-refractivity contribution in [3.63, 3.8) is 0 Å². The van der Waals surface area contributed by atoms with Crippen LogP contribution in [0.2, 0.25) is 0 Å². The molecule has 0 aromatic carbocycles. The maximum atomic E-state index is 11.8. The molecular formula is C10H15F3N2O5. The van der Waals surface area contributed by atoms with Crippen LogP contribution in [-0.2, 0) is 9.53 Å². The normalized spacial score (nSPS) is 22.9. The minimum absolute atomic E-state index is 0.0761. The van der Waals surface area contributed by atoms with Gasteiger partial charge in [0.15, 0.2) is 0 Å². The number of alkyl halides is 3. The fourth-order valence-electron chi connectivity index (χ4n) is 1.79. The van der Waals surface area contributed by atoms with Crippen LogP contribution in [-0.4, -0.2) is 71.7 Å². The van der Waals surface area contributed by atoms with Crippen molar-refractivity contribution < 1.29 is 37.7 Å². The Morgan fingerprint density at radius 1 is 1.40 bits per heavy atom. The van der Waals surface area contributed by atoms with E-state index in [2.05, 4.69) is 10.1 Å². The number of halogens is 3. The number of aliphatic carboxylic acids is 1. The molecule has 1 saturated heterocycles. The number of amides is 2. The van der Waals surface area contributed by atoms with Gasteiger partial charge in [0, 0.05) is 19.5 Å². The number of carboxylic acid groups (broad SMARTS) is 1. The zero-order valence-corrected chi connectivity index (χ0v) is 10.4. The van der Waals surface area contributed by atoms with E-state index in [1.165, 1.54) is 0 Å². The standard InChI is InChI=1S/C10H15F3N2O5/c11-10(12,13)5-20-2-1-14-9(19)15-4-6(16)3-7(15)8(17)18/h6-7,16H,1-5H2,(H,14,19)(H,17,18)/t6-,7-/m1/s1. The van der Waals surface area contributed by atoms with Gasteiger partial charge in [0.1, 0.15) is 12.6 Å². The van der Waals surface area contributed by atoms with Gasteiger partial charge in [-0.1, -0.05) is 0 Å². The number of aliphatic hydroxyl groups is 1. The predicted octanol–water partition coefficient (Wildman–Crippen LogP) is -0.205. The molecule has 10 heteroatoms. The van der Waals surface area contributed by atoms with Crippen LogP contribution in [0.5, 0.6) is 0 Å². The second-order valence-corrected chi connectivity index (χ2v) is 4.30. The number of β-amino-alcohol motifs (C(OH)–C–C–N with tert-alkyl or cyclic N) is 1. The highest BCUT2D eigenvalue weighted by Gasteiger charge is 2.38. The van der Waals surface area contributed by atoms with Crippen molar-refractivity contribution in [3.05, 3.63) is 0 Å². The van der Waals surface area contributed by atoms with E-state index in [9.17, 15) is 27.9 Å². The minimum Gasteiger partial charge on any atom is -0.480 e. The first kappa shape index (κ1) is 16.5. The van der Waals surface area contributed by atoms with Crippen LogP contribution in [0.4, 0.5) is 18.0 Å². The molecule has 0 unspecified atom stereocenters. The third-order valence-corrected chi connectivity index (χ3v) is 2.61. The molecule has 2 atom stereocenters. The van der Waals surface area contributed by atoms with Crippen LogP contribution >= 0.6 is 0 Å². The molecule has 1 fully saturated rings. The number of hydrogen-bond donors (Lipinski definition) is 3. The summed E-state index contributed by atoms with van der Waals surface area (Å²) in [5.41, 5.74) is 0. The number of hydrogen-bond acceptors (Lipinski definition) is 4. The molecule has 20 heavy (non-hydrogen) atoms. The lowest BCUT2D eigenvalue weighted by atomic mass is 10.2. The Kier molecular flexibility index (Phi) is 5.57. The highest BCUT2D eigenvalue weighted by atomic mass is 19.4. The van der Waals surface area contributed by atoms with Crippen molar-refractivity contribution in [2.75, 3.05) is 26.3 Å². The van der Waals surface area contributed by atoms with Gasteiger partial charge in [0.05, 0.1) is 12.7 Å². The maximum Gasteiger partial charge on any atom is 0.411 e. The first-order valence-corrected chi connectivity index (χ1v) is 5.80. The Hall–Kier alpha value is -1.55. The molecule has 1 heterocycles. The third-order valence-electron chi connectivity index (χ3n) is 2.61. The molecule has 7 nitrogen and oxygen atoms in total. The van der Waals surface area contributed by atoms with E-state index in [1.54, 1.807) is 0 Å². The summed E-state index contributed by atoms with van der Waals surface area (Å²) < 4.78 is 39.6. The van der Waals surface area contributed by atoms with Gasteiger partial charge in [-0.05, 0) is 0 Å². The maximum absolute atomic E-state index is 11.8. The summed E-state index contributed by atoms with van der Waals surface area (Å²) in [6.07, 6.45) is -5.44. The van der Waals surface area contributed by atoms with Crippen molar-refractivity contribution in [2.24, 2.45) is 0 Å². The quantitative estimate of drug-likeness (QED) is 0.610. The van der Waals surface area contributed by atoms with Crippen molar-refractivity contribution in [1.82, 2.24) is 10.2 Å². The number of urea groups is 1. The molecule has 1 rings (SSSR count).